The highest BCUT2D eigenvalue weighted by Gasteiger charge is 2.37. The van der Waals surface area contributed by atoms with E-state index in [-0.39, 0.29) is 37.0 Å². The Kier molecular flexibility index (Phi) is 7.27. The first-order valence-corrected chi connectivity index (χ1v) is 13.0. The van der Waals surface area contributed by atoms with Gasteiger partial charge in [0.1, 0.15) is 17.6 Å². The third kappa shape index (κ3) is 5.13. The average molecular weight is 542 g/mol. The molecule has 10 heteroatoms. The second-order valence-corrected chi connectivity index (χ2v) is 10.2. The van der Waals surface area contributed by atoms with E-state index < -0.39 is 24.1 Å². The quantitative estimate of drug-likeness (QED) is 0.293. The number of nitrogens with one attached hydrogen (secondary N) is 1. The van der Waals surface area contributed by atoms with Gasteiger partial charge >= 0.3 is 6.09 Å². The summed E-state index contributed by atoms with van der Waals surface area (Å²) in [6, 6.07) is 16.0. The molecule has 2 amide bonds. The van der Waals surface area contributed by atoms with Crippen LogP contribution in [0.4, 0.5) is 4.79 Å². The van der Waals surface area contributed by atoms with Crippen molar-refractivity contribution in [1.29, 1.82) is 0 Å². The van der Waals surface area contributed by atoms with E-state index in [1.54, 1.807) is 36.4 Å². The predicted octanol–water partition coefficient (Wildman–Crippen LogP) is 3.02. The number of aromatic nitrogens is 2. The van der Waals surface area contributed by atoms with E-state index in [2.05, 4.69) is 10.3 Å². The SMILES string of the molecule is Cc1cc(O)cc(C)c1C[C@H](N)C(=O)N1Cc2ccccc2C[C@H]1C(=O)NCc1nc2ccccc2n1C(=O)O. The number of phenolic OH excluding ortho intramolecular Hbond substituents is 1. The fraction of sp³-hybridized carbons (Fsp3) is 0.267. The first kappa shape index (κ1) is 26.9. The summed E-state index contributed by atoms with van der Waals surface area (Å²) in [6.07, 6.45) is -0.647. The van der Waals surface area contributed by atoms with Gasteiger partial charge in [0.05, 0.1) is 23.6 Å². The summed E-state index contributed by atoms with van der Waals surface area (Å²) in [7, 11) is 0. The van der Waals surface area contributed by atoms with Crippen LogP contribution in [-0.4, -0.2) is 54.7 Å². The fourth-order valence-electron chi connectivity index (χ4n) is 5.49. The Bertz CT molecular complexity index is 1610. The standard InChI is InChI=1S/C30H31N5O5/c1-17-11-21(36)12-18(2)22(17)14-23(31)29(38)34-16-20-8-4-3-7-19(20)13-26(34)28(37)32-15-27-33-24-9-5-6-10-25(24)35(27)30(39)40/h3-12,23,26,36H,13-16,31H2,1-2H3,(H,32,37)(H,39,40)/t23-,26-/m0/s1. The number of aromatic hydroxyl groups is 1. The highest BCUT2D eigenvalue weighted by molar-refractivity contribution is 5.91. The molecule has 1 aromatic heterocycles. The topological polar surface area (TPSA) is 151 Å². The Hall–Kier alpha value is -4.70. The Morgan fingerprint density at radius 3 is 2.40 bits per heavy atom. The van der Waals surface area contributed by atoms with Gasteiger partial charge in [0.2, 0.25) is 11.8 Å². The van der Waals surface area contributed by atoms with E-state index in [0.717, 1.165) is 32.4 Å². The number of para-hydroxylation sites is 2. The molecule has 206 valence electrons. The zero-order chi connectivity index (χ0) is 28.6. The van der Waals surface area contributed by atoms with E-state index in [1.807, 2.05) is 38.1 Å². The van der Waals surface area contributed by atoms with Crippen molar-refractivity contribution in [3.63, 3.8) is 0 Å². The minimum atomic E-state index is -1.20. The van der Waals surface area contributed by atoms with Crippen LogP contribution in [0.25, 0.3) is 11.0 Å². The van der Waals surface area contributed by atoms with Gasteiger partial charge in [-0.3, -0.25) is 9.59 Å². The molecule has 0 fully saturated rings. The molecule has 1 aliphatic rings. The molecule has 4 aromatic rings. The molecule has 2 heterocycles. The molecular formula is C30H31N5O5. The second kappa shape index (κ2) is 10.8. The van der Waals surface area contributed by atoms with E-state index >= 15 is 0 Å². The molecule has 40 heavy (non-hydrogen) atoms. The molecule has 10 nitrogen and oxygen atoms in total. The summed E-state index contributed by atoms with van der Waals surface area (Å²) in [5, 5.41) is 22.4. The molecule has 2 atom stereocenters. The number of rotatable bonds is 6. The monoisotopic (exact) mass is 541 g/mol. The average Bonchev–Trinajstić information content (AvgIpc) is 3.31. The highest BCUT2D eigenvalue weighted by Crippen LogP contribution is 2.26. The molecule has 0 radical (unpaired) electrons. The highest BCUT2D eigenvalue weighted by atomic mass is 16.4. The van der Waals surface area contributed by atoms with Gasteiger partial charge in [-0.25, -0.2) is 14.3 Å². The van der Waals surface area contributed by atoms with Crippen LogP contribution in [0.2, 0.25) is 0 Å². The number of nitrogens with two attached hydrogens (primary N) is 1. The van der Waals surface area contributed by atoms with Gasteiger partial charge < -0.3 is 26.2 Å². The lowest BCUT2D eigenvalue weighted by molar-refractivity contribution is -0.142. The third-order valence-electron chi connectivity index (χ3n) is 7.50. The summed E-state index contributed by atoms with van der Waals surface area (Å²) in [5.74, 6) is -0.457. The van der Waals surface area contributed by atoms with E-state index in [0.29, 0.717) is 17.5 Å². The number of fused-ring (bicyclic) bond motifs is 2. The van der Waals surface area contributed by atoms with Gasteiger partial charge in [-0.15, -0.1) is 0 Å². The number of phenols is 1. The fourth-order valence-corrected chi connectivity index (χ4v) is 5.49. The third-order valence-corrected chi connectivity index (χ3v) is 7.50. The van der Waals surface area contributed by atoms with E-state index in [1.165, 1.54) is 4.90 Å². The van der Waals surface area contributed by atoms with Gasteiger partial charge in [0, 0.05) is 13.0 Å². The van der Waals surface area contributed by atoms with Gasteiger partial charge in [-0.2, -0.15) is 0 Å². The molecule has 0 aliphatic carbocycles. The maximum absolute atomic E-state index is 13.7. The lowest BCUT2D eigenvalue weighted by Gasteiger charge is -2.37. The molecule has 0 spiro atoms. The molecule has 0 saturated heterocycles. The first-order chi connectivity index (χ1) is 19.1. The van der Waals surface area contributed by atoms with Crippen molar-refractivity contribution < 1.29 is 24.6 Å². The molecule has 5 N–H and O–H groups in total. The van der Waals surface area contributed by atoms with Crippen molar-refractivity contribution in [3.8, 4) is 5.75 Å². The minimum absolute atomic E-state index is 0.127. The Morgan fingerprint density at radius 2 is 1.70 bits per heavy atom. The number of nitrogens with zero attached hydrogens (tertiary/aromatic N) is 3. The molecule has 0 saturated carbocycles. The smallest absolute Gasteiger partial charge is 0.417 e. The number of amides is 2. The second-order valence-electron chi connectivity index (χ2n) is 10.2. The number of carbonyl (C=O) groups excluding carboxylic acids is 2. The molecule has 0 bridgehead atoms. The van der Waals surface area contributed by atoms with Crippen LogP contribution in [0.3, 0.4) is 0 Å². The van der Waals surface area contributed by atoms with Crippen molar-refractivity contribution >= 4 is 28.9 Å². The van der Waals surface area contributed by atoms with Gasteiger partial charge in [-0.05, 0) is 72.4 Å². The predicted molar refractivity (Wildman–Crippen MR) is 149 cm³/mol. The first-order valence-electron chi connectivity index (χ1n) is 13.0. The number of aryl methyl sites for hydroxylation is 2. The zero-order valence-corrected chi connectivity index (χ0v) is 22.3. The van der Waals surface area contributed by atoms with Crippen LogP contribution in [0.5, 0.6) is 5.75 Å². The summed E-state index contributed by atoms with van der Waals surface area (Å²) in [4.78, 5) is 45.1. The van der Waals surface area contributed by atoms with E-state index in [9.17, 15) is 24.6 Å². The van der Waals surface area contributed by atoms with Crippen LogP contribution in [0.15, 0.2) is 60.7 Å². The van der Waals surface area contributed by atoms with Crippen molar-refractivity contribution in [2.45, 2.75) is 51.9 Å². The minimum Gasteiger partial charge on any atom is -0.508 e. The van der Waals surface area contributed by atoms with Crippen LogP contribution >= 0.6 is 0 Å². The van der Waals surface area contributed by atoms with Crippen molar-refractivity contribution in [3.05, 3.63) is 94.3 Å². The van der Waals surface area contributed by atoms with Crippen LogP contribution in [0.1, 0.15) is 33.6 Å². The summed E-state index contributed by atoms with van der Waals surface area (Å²) in [6.45, 7) is 3.81. The van der Waals surface area contributed by atoms with Crippen molar-refractivity contribution in [1.82, 2.24) is 19.8 Å². The van der Waals surface area contributed by atoms with Gasteiger partial charge in [0.25, 0.3) is 0 Å². The lowest BCUT2D eigenvalue weighted by atomic mass is 9.91. The number of carbonyl (C=O) groups is 3. The number of hydrogen-bond acceptors (Lipinski definition) is 6. The van der Waals surface area contributed by atoms with Gasteiger partial charge in [-0.1, -0.05) is 36.4 Å². The molecule has 1 aliphatic heterocycles. The summed E-state index contributed by atoms with van der Waals surface area (Å²) in [5.41, 5.74) is 11.8. The maximum atomic E-state index is 13.7. The molecular weight excluding hydrogens is 510 g/mol. The summed E-state index contributed by atoms with van der Waals surface area (Å²) >= 11 is 0. The largest absolute Gasteiger partial charge is 0.508 e. The molecule has 0 unspecified atom stereocenters. The zero-order valence-electron chi connectivity index (χ0n) is 22.3. The van der Waals surface area contributed by atoms with Crippen LogP contribution in [0, 0.1) is 13.8 Å². The van der Waals surface area contributed by atoms with E-state index in [4.69, 9.17) is 5.73 Å². The van der Waals surface area contributed by atoms with Crippen LogP contribution < -0.4 is 11.1 Å². The Labute approximate surface area is 231 Å². The van der Waals surface area contributed by atoms with Crippen molar-refractivity contribution in [2.75, 3.05) is 0 Å². The van der Waals surface area contributed by atoms with Gasteiger partial charge in [0.15, 0.2) is 0 Å². The number of carboxylic acid groups (broad SMARTS) is 1. The molecule has 5 rings (SSSR count). The maximum Gasteiger partial charge on any atom is 0.417 e. The lowest BCUT2D eigenvalue weighted by Crippen LogP contribution is -2.56. The van der Waals surface area contributed by atoms with Crippen molar-refractivity contribution in [2.24, 2.45) is 5.73 Å². The van der Waals surface area contributed by atoms with Crippen LogP contribution in [-0.2, 0) is 35.5 Å². The summed E-state index contributed by atoms with van der Waals surface area (Å²) < 4.78 is 1.05. The number of hydrogen-bond donors (Lipinski definition) is 4. The number of benzene rings is 3. The number of imidazole rings is 1. The Balaban J connectivity index is 1.39. The molecule has 3 aromatic carbocycles. The Morgan fingerprint density at radius 1 is 1.05 bits per heavy atom. The normalized spacial score (nSPS) is 15.5.